The van der Waals surface area contributed by atoms with E-state index in [1.165, 1.54) is 12.0 Å². The Morgan fingerprint density at radius 1 is 1.17 bits per heavy atom. The molecule has 0 bridgehead atoms. The van der Waals surface area contributed by atoms with Gasteiger partial charge in [0, 0.05) is 0 Å². The van der Waals surface area contributed by atoms with Gasteiger partial charge in [0.1, 0.15) is 0 Å². The molecular formula is C15H14F2Zr. The zero-order valence-corrected chi connectivity index (χ0v) is 12.6. The molecule has 1 atom stereocenters. The van der Waals surface area contributed by atoms with Gasteiger partial charge in [0.05, 0.1) is 0 Å². The molecule has 1 unspecified atom stereocenters. The minimum absolute atomic E-state index is 0. The molecule has 3 rings (SSSR count). The number of benzene rings is 1. The summed E-state index contributed by atoms with van der Waals surface area (Å²) in [4.78, 5) is 0. The van der Waals surface area contributed by atoms with Gasteiger partial charge in [-0.3, -0.25) is 0 Å². The van der Waals surface area contributed by atoms with Crippen molar-refractivity contribution in [3.05, 3.63) is 62.5 Å². The zero-order valence-electron chi connectivity index (χ0n) is 10.2. The van der Waals surface area contributed by atoms with Crippen LogP contribution in [0.2, 0.25) is 0 Å². The summed E-state index contributed by atoms with van der Waals surface area (Å²) in [5.41, 5.74) is 4.62. The van der Waals surface area contributed by atoms with Crippen molar-refractivity contribution in [1.29, 1.82) is 0 Å². The first-order valence-electron chi connectivity index (χ1n) is 5.74. The zero-order chi connectivity index (χ0) is 11.0. The van der Waals surface area contributed by atoms with E-state index >= 15 is 0 Å². The largest absolute Gasteiger partial charge is 1.00 e. The summed E-state index contributed by atoms with van der Waals surface area (Å²) >= 11 is -0.464. The number of rotatable bonds is 2. The average Bonchev–Trinajstić information content (AvgIpc) is 2.89. The first kappa shape index (κ1) is 15.2. The molecule has 3 heteroatoms. The van der Waals surface area contributed by atoms with Crippen LogP contribution < -0.4 is 9.41 Å². The summed E-state index contributed by atoms with van der Waals surface area (Å²) in [6.45, 7) is 2.30. The minimum Gasteiger partial charge on any atom is -1.00 e. The van der Waals surface area contributed by atoms with Gasteiger partial charge in [0.2, 0.25) is 0 Å². The van der Waals surface area contributed by atoms with Crippen molar-refractivity contribution in [3.8, 4) is 0 Å². The Bertz CT molecular complexity index is 515. The Kier molecular flexibility index (Phi) is 5.40. The van der Waals surface area contributed by atoms with Crippen molar-refractivity contribution in [3.63, 3.8) is 0 Å². The third kappa shape index (κ3) is 2.77. The van der Waals surface area contributed by atoms with Crippen LogP contribution in [0, 0.1) is 0 Å². The Labute approximate surface area is 118 Å². The van der Waals surface area contributed by atoms with E-state index in [4.69, 9.17) is 0 Å². The molecule has 2 aliphatic rings. The van der Waals surface area contributed by atoms with Crippen LogP contribution >= 0.6 is 0 Å². The molecule has 0 aromatic heterocycles. The van der Waals surface area contributed by atoms with E-state index in [9.17, 15) is 0 Å². The molecule has 0 fully saturated rings. The molecule has 18 heavy (non-hydrogen) atoms. The molecule has 0 radical (unpaired) electrons. The van der Waals surface area contributed by atoms with Gasteiger partial charge >= 0.3 is 109 Å². The molecule has 1 aromatic carbocycles. The summed E-state index contributed by atoms with van der Waals surface area (Å²) in [5, 5.41) is 0. The van der Waals surface area contributed by atoms with Gasteiger partial charge < -0.3 is 9.41 Å². The standard InChI is InChI=1S/C10H9.C5H5.2FH.Zr/c1-8-6-9-4-2-3-5-10(9)7-8;1-2-4-5-3-1;;;/h2-7H,1H3;1-3H,4H2;2*1H;/q;;;;+2/p-2. The van der Waals surface area contributed by atoms with Crippen LogP contribution in [0.3, 0.4) is 0 Å². The smallest absolute Gasteiger partial charge is 1.00 e. The fourth-order valence-corrected chi connectivity index (χ4v) is 6.17. The Morgan fingerprint density at radius 2 is 1.94 bits per heavy atom. The van der Waals surface area contributed by atoms with Gasteiger partial charge in [0.15, 0.2) is 0 Å². The second-order valence-electron chi connectivity index (χ2n) is 4.42. The molecule has 0 spiro atoms. The third-order valence-electron chi connectivity index (χ3n) is 3.25. The predicted octanol–water partition coefficient (Wildman–Crippen LogP) is -1.92. The van der Waals surface area contributed by atoms with Crippen molar-refractivity contribution in [2.75, 3.05) is 0 Å². The van der Waals surface area contributed by atoms with Crippen molar-refractivity contribution in [1.82, 2.24) is 0 Å². The fourth-order valence-electron chi connectivity index (χ4n) is 2.41. The second kappa shape index (κ2) is 6.38. The SMILES string of the molecule is CC1=Cc2ccccc2[CH]1[Zr+2][C]1=CC=CC1.[F-].[F-]. The van der Waals surface area contributed by atoms with E-state index in [1.807, 2.05) is 0 Å². The van der Waals surface area contributed by atoms with Gasteiger partial charge in [-0.2, -0.15) is 0 Å². The van der Waals surface area contributed by atoms with Crippen LogP contribution in [0.15, 0.2) is 51.3 Å². The van der Waals surface area contributed by atoms with E-state index < -0.39 is 23.2 Å². The first-order valence-corrected chi connectivity index (χ1v) is 8.39. The van der Waals surface area contributed by atoms with E-state index in [1.54, 1.807) is 14.4 Å². The molecule has 1 aromatic rings. The molecule has 0 heterocycles. The van der Waals surface area contributed by atoms with Crippen LogP contribution in [-0.4, -0.2) is 0 Å². The summed E-state index contributed by atoms with van der Waals surface area (Å²) in [6, 6.07) is 8.89. The molecule has 92 valence electrons. The predicted molar refractivity (Wildman–Crippen MR) is 64.7 cm³/mol. The Balaban J connectivity index is 0.000000810. The second-order valence-corrected chi connectivity index (χ2v) is 8.13. The van der Waals surface area contributed by atoms with Crippen molar-refractivity contribution in [2.24, 2.45) is 0 Å². The van der Waals surface area contributed by atoms with Crippen LogP contribution in [0.4, 0.5) is 0 Å². The van der Waals surface area contributed by atoms with Crippen LogP contribution in [0.25, 0.3) is 6.08 Å². The maximum atomic E-state index is 2.38. The molecule has 0 amide bonds. The van der Waals surface area contributed by atoms with E-state index in [0.717, 1.165) is 3.63 Å². The van der Waals surface area contributed by atoms with E-state index in [2.05, 4.69) is 55.5 Å². The fraction of sp³-hybridized carbons (Fsp3) is 0.200. The monoisotopic (exact) mass is 322 g/mol. The van der Waals surface area contributed by atoms with Gasteiger partial charge in [-0.25, -0.2) is 0 Å². The van der Waals surface area contributed by atoms with E-state index in [0.29, 0.717) is 0 Å². The van der Waals surface area contributed by atoms with Gasteiger partial charge in [0.25, 0.3) is 0 Å². The van der Waals surface area contributed by atoms with Gasteiger partial charge in [-0.05, 0) is 0 Å². The maximum absolute atomic E-state index is 2.38. The van der Waals surface area contributed by atoms with Gasteiger partial charge in [-0.15, -0.1) is 0 Å². The van der Waals surface area contributed by atoms with Crippen LogP contribution in [0.5, 0.6) is 0 Å². The maximum Gasteiger partial charge on any atom is -1.00 e. The first-order chi connectivity index (χ1) is 7.84. The third-order valence-corrected chi connectivity index (χ3v) is 7.66. The van der Waals surface area contributed by atoms with Crippen LogP contribution in [-0.2, 0) is 23.2 Å². The van der Waals surface area contributed by atoms with Crippen molar-refractivity contribution < 1.29 is 32.6 Å². The molecule has 0 saturated heterocycles. The van der Waals surface area contributed by atoms with E-state index in [-0.39, 0.29) is 9.41 Å². The topological polar surface area (TPSA) is 0 Å². The average molecular weight is 323 g/mol. The van der Waals surface area contributed by atoms with Crippen molar-refractivity contribution in [2.45, 2.75) is 17.0 Å². The minimum atomic E-state index is -0.464. The van der Waals surface area contributed by atoms with Crippen molar-refractivity contribution >= 4 is 6.08 Å². The molecule has 0 N–H and O–H groups in total. The number of hydrogen-bond acceptors (Lipinski definition) is 0. The summed E-state index contributed by atoms with van der Waals surface area (Å²) in [6.07, 6.45) is 10.5. The molecule has 0 aliphatic heterocycles. The number of hydrogen-bond donors (Lipinski definition) is 0. The quantitative estimate of drug-likeness (QED) is 0.595. The molecule has 0 nitrogen and oxygen atoms in total. The Morgan fingerprint density at radius 3 is 2.67 bits per heavy atom. The molecular weight excluding hydrogens is 309 g/mol. The summed E-state index contributed by atoms with van der Waals surface area (Å²) in [5.74, 6) is 0. The summed E-state index contributed by atoms with van der Waals surface area (Å²) in [7, 11) is 0. The number of allylic oxidation sites excluding steroid dienone is 5. The van der Waals surface area contributed by atoms with Gasteiger partial charge in [-0.1, -0.05) is 0 Å². The number of halogens is 2. The normalized spacial score (nSPS) is 19.1. The molecule has 2 aliphatic carbocycles. The summed E-state index contributed by atoms with van der Waals surface area (Å²) < 4.78 is 2.52. The number of fused-ring (bicyclic) bond motifs is 1. The van der Waals surface area contributed by atoms with Crippen LogP contribution in [0.1, 0.15) is 28.1 Å². The molecule has 0 saturated carbocycles. The Hall–Kier alpha value is -0.817.